The van der Waals surface area contributed by atoms with Gasteiger partial charge in [0.05, 0.1) is 32.0 Å². The summed E-state index contributed by atoms with van der Waals surface area (Å²) in [6, 6.07) is 7.59. The number of hydrogen-bond acceptors (Lipinski definition) is 6. The lowest BCUT2D eigenvalue weighted by molar-refractivity contribution is 0.0489. The van der Waals surface area contributed by atoms with Gasteiger partial charge in [-0.05, 0) is 77.9 Å². The van der Waals surface area contributed by atoms with Gasteiger partial charge in [-0.1, -0.05) is 0 Å². The second-order valence-corrected chi connectivity index (χ2v) is 12.1. The first-order valence-electron chi connectivity index (χ1n) is 10.4. The first-order valence-corrected chi connectivity index (χ1v) is 11.9. The average molecular weight is 469 g/mol. The minimum Gasteiger partial charge on any atom is -0.269 e. The SMILES string of the molecule is CC(C)(C)N1C(=O)c2ccc(S(=O)(=O)c3ccc4c(c3)C(=O)N(C(C)(C)C)C4=O)cc2C1=O. The molecule has 2 aromatic carbocycles. The van der Waals surface area contributed by atoms with E-state index in [9.17, 15) is 27.6 Å². The van der Waals surface area contributed by atoms with Crippen LogP contribution in [0.25, 0.3) is 0 Å². The van der Waals surface area contributed by atoms with Crippen LogP contribution in [0.3, 0.4) is 0 Å². The summed E-state index contributed by atoms with van der Waals surface area (Å²) >= 11 is 0. The number of benzene rings is 2. The molecule has 0 aliphatic carbocycles. The van der Waals surface area contributed by atoms with Gasteiger partial charge in [0.2, 0.25) is 9.84 Å². The third kappa shape index (κ3) is 3.30. The molecule has 8 nitrogen and oxygen atoms in total. The lowest BCUT2D eigenvalue weighted by Gasteiger charge is -2.29. The highest BCUT2D eigenvalue weighted by molar-refractivity contribution is 7.91. The van der Waals surface area contributed by atoms with E-state index in [4.69, 9.17) is 0 Å². The second-order valence-electron chi connectivity index (χ2n) is 10.2. The Morgan fingerprint density at radius 1 is 0.545 bits per heavy atom. The lowest BCUT2D eigenvalue weighted by Crippen LogP contribution is -2.45. The number of fused-ring (bicyclic) bond motifs is 2. The quantitative estimate of drug-likeness (QED) is 0.626. The van der Waals surface area contributed by atoms with E-state index in [1.54, 1.807) is 41.5 Å². The van der Waals surface area contributed by atoms with Crippen molar-refractivity contribution in [2.45, 2.75) is 62.4 Å². The van der Waals surface area contributed by atoms with Crippen LogP contribution in [0.2, 0.25) is 0 Å². The predicted octanol–water partition coefficient (Wildman–Crippen LogP) is 3.31. The maximum atomic E-state index is 13.3. The number of imide groups is 2. The summed E-state index contributed by atoms with van der Waals surface area (Å²) in [4.78, 5) is 52.9. The molecule has 0 saturated carbocycles. The maximum absolute atomic E-state index is 13.3. The zero-order valence-electron chi connectivity index (χ0n) is 19.2. The highest BCUT2D eigenvalue weighted by atomic mass is 32.2. The number of sulfone groups is 1. The molecule has 0 radical (unpaired) electrons. The molecule has 0 atom stereocenters. The van der Waals surface area contributed by atoms with Crippen molar-refractivity contribution in [1.82, 2.24) is 9.80 Å². The smallest absolute Gasteiger partial charge is 0.262 e. The van der Waals surface area contributed by atoms with Crippen molar-refractivity contribution in [2.75, 3.05) is 0 Å². The van der Waals surface area contributed by atoms with Gasteiger partial charge in [-0.3, -0.25) is 29.0 Å². The second kappa shape index (κ2) is 6.84. The van der Waals surface area contributed by atoms with E-state index in [1.165, 1.54) is 36.4 Å². The maximum Gasteiger partial charge on any atom is 0.262 e. The molecule has 2 aliphatic heterocycles. The van der Waals surface area contributed by atoms with E-state index >= 15 is 0 Å². The van der Waals surface area contributed by atoms with E-state index in [2.05, 4.69) is 0 Å². The van der Waals surface area contributed by atoms with E-state index in [0.29, 0.717) is 0 Å². The summed E-state index contributed by atoms with van der Waals surface area (Å²) < 4.78 is 26.7. The van der Waals surface area contributed by atoms with Crippen LogP contribution in [0.5, 0.6) is 0 Å². The first-order chi connectivity index (χ1) is 15.1. The van der Waals surface area contributed by atoms with Crippen LogP contribution in [0, 0.1) is 0 Å². The van der Waals surface area contributed by atoms with Crippen molar-refractivity contribution in [1.29, 1.82) is 0 Å². The first kappa shape index (κ1) is 22.8. The van der Waals surface area contributed by atoms with Crippen LogP contribution in [0.1, 0.15) is 83.0 Å². The Labute approximate surface area is 192 Å². The lowest BCUT2D eigenvalue weighted by atomic mass is 10.1. The molecule has 0 spiro atoms. The predicted molar refractivity (Wildman–Crippen MR) is 119 cm³/mol. The van der Waals surface area contributed by atoms with Crippen molar-refractivity contribution in [3.63, 3.8) is 0 Å². The molecule has 0 N–H and O–H groups in total. The summed E-state index contributed by atoms with van der Waals surface area (Å²) in [6.07, 6.45) is 0. The number of rotatable bonds is 2. The molecular weight excluding hydrogens is 444 g/mol. The van der Waals surface area contributed by atoms with Crippen LogP contribution in [0.15, 0.2) is 46.2 Å². The van der Waals surface area contributed by atoms with Gasteiger partial charge in [-0.25, -0.2) is 8.42 Å². The topological polar surface area (TPSA) is 109 Å². The minimum atomic E-state index is -4.13. The molecule has 0 bridgehead atoms. The van der Waals surface area contributed by atoms with Crippen molar-refractivity contribution in [2.24, 2.45) is 0 Å². The number of hydrogen-bond donors (Lipinski definition) is 0. The molecule has 0 saturated heterocycles. The summed E-state index contributed by atoms with van der Waals surface area (Å²) in [5.41, 5.74) is -1.21. The molecule has 2 aliphatic rings. The van der Waals surface area contributed by atoms with Gasteiger partial charge in [0.1, 0.15) is 0 Å². The van der Waals surface area contributed by atoms with E-state index in [0.717, 1.165) is 9.80 Å². The Balaban J connectivity index is 1.78. The Hall–Kier alpha value is -3.33. The molecule has 2 heterocycles. The standard InChI is InChI=1S/C24H24N2O6S/c1-23(2,3)25-19(27)15-9-7-13(11-17(15)21(25)29)33(31,32)14-8-10-16-18(12-14)22(30)26(20(16)28)24(4,5)6/h7-12H,1-6H3. The Morgan fingerprint density at radius 3 is 1.15 bits per heavy atom. The number of carbonyl (C=O) groups excluding carboxylic acids is 4. The fourth-order valence-corrected chi connectivity index (χ4v) is 5.44. The molecule has 33 heavy (non-hydrogen) atoms. The largest absolute Gasteiger partial charge is 0.269 e. The monoisotopic (exact) mass is 468 g/mol. The van der Waals surface area contributed by atoms with Crippen LogP contribution in [-0.2, 0) is 9.84 Å². The van der Waals surface area contributed by atoms with Gasteiger partial charge in [0.15, 0.2) is 0 Å². The molecule has 4 rings (SSSR count). The third-order valence-corrected chi connectivity index (χ3v) is 7.43. The molecule has 172 valence electrons. The van der Waals surface area contributed by atoms with Crippen LogP contribution in [-0.4, -0.2) is 52.9 Å². The molecule has 0 unspecified atom stereocenters. The molecule has 0 aromatic heterocycles. The van der Waals surface area contributed by atoms with Crippen molar-refractivity contribution < 1.29 is 27.6 Å². The zero-order chi connectivity index (χ0) is 24.7. The molecular formula is C24H24N2O6S. The Morgan fingerprint density at radius 2 is 0.848 bits per heavy atom. The summed E-state index contributed by atoms with van der Waals surface area (Å²) in [7, 11) is -4.13. The van der Waals surface area contributed by atoms with Gasteiger partial charge in [-0.2, -0.15) is 0 Å². The average Bonchev–Trinajstić information content (AvgIpc) is 3.11. The van der Waals surface area contributed by atoms with Gasteiger partial charge in [-0.15, -0.1) is 0 Å². The number of amides is 4. The normalized spacial score (nSPS) is 16.5. The van der Waals surface area contributed by atoms with Crippen LogP contribution >= 0.6 is 0 Å². The Kier molecular flexibility index (Phi) is 4.73. The van der Waals surface area contributed by atoms with E-state index in [1.807, 2.05) is 0 Å². The highest BCUT2D eigenvalue weighted by Gasteiger charge is 2.44. The van der Waals surface area contributed by atoms with Crippen LogP contribution < -0.4 is 0 Å². The molecule has 2 aromatic rings. The van der Waals surface area contributed by atoms with Gasteiger partial charge in [0, 0.05) is 11.1 Å². The Bertz CT molecular complexity index is 1280. The summed E-state index contributed by atoms with van der Waals surface area (Å²) in [5.74, 6) is -2.07. The van der Waals surface area contributed by atoms with E-state index < -0.39 is 44.5 Å². The molecule has 0 fully saturated rings. The third-order valence-electron chi connectivity index (χ3n) is 5.68. The fourth-order valence-electron chi connectivity index (χ4n) is 4.13. The molecule has 4 amide bonds. The number of carbonyl (C=O) groups is 4. The van der Waals surface area contributed by atoms with Gasteiger partial charge < -0.3 is 0 Å². The fraction of sp³-hybridized carbons (Fsp3) is 0.333. The van der Waals surface area contributed by atoms with Crippen LogP contribution in [0.4, 0.5) is 0 Å². The van der Waals surface area contributed by atoms with E-state index in [-0.39, 0.29) is 32.0 Å². The zero-order valence-corrected chi connectivity index (χ0v) is 20.0. The van der Waals surface area contributed by atoms with Gasteiger partial charge >= 0.3 is 0 Å². The van der Waals surface area contributed by atoms with Gasteiger partial charge in [0.25, 0.3) is 23.6 Å². The van der Waals surface area contributed by atoms with Crippen molar-refractivity contribution in [3.8, 4) is 0 Å². The number of nitrogens with zero attached hydrogens (tertiary/aromatic N) is 2. The highest BCUT2D eigenvalue weighted by Crippen LogP contribution is 2.34. The molecule has 9 heteroatoms. The van der Waals surface area contributed by atoms with Crippen molar-refractivity contribution >= 4 is 33.5 Å². The summed E-state index contributed by atoms with van der Waals surface area (Å²) in [5, 5.41) is 0. The van der Waals surface area contributed by atoms with Crippen molar-refractivity contribution in [3.05, 3.63) is 58.7 Å². The minimum absolute atomic E-state index is 0.0160. The summed E-state index contributed by atoms with van der Waals surface area (Å²) in [6.45, 7) is 10.3.